The highest BCUT2D eigenvalue weighted by Crippen LogP contribution is 2.35. The predicted octanol–water partition coefficient (Wildman–Crippen LogP) is 5.02. The van der Waals surface area contributed by atoms with Gasteiger partial charge in [-0.15, -0.1) is 0 Å². The van der Waals surface area contributed by atoms with Crippen LogP contribution < -0.4 is 10.2 Å². The van der Waals surface area contributed by atoms with E-state index in [-0.39, 0.29) is 6.04 Å². The van der Waals surface area contributed by atoms with Crippen molar-refractivity contribution in [2.45, 2.75) is 38.3 Å². The molecule has 1 aromatic heterocycles. The van der Waals surface area contributed by atoms with E-state index in [2.05, 4.69) is 22.6 Å². The molecule has 2 N–H and O–H groups in total. The molecule has 1 atom stereocenters. The average molecular weight is 348 g/mol. The van der Waals surface area contributed by atoms with Gasteiger partial charge in [-0.2, -0.15) is 5.48 Å². The summed E-state index contributed by atoms with van der Waals surface area (Å²) >= 11 is 0. The number of fused-ring (bicyclic) bond motifs is 1. The Bertz CT molecular complexity index is 857. The summed E-state index contributed by atoms with van der Waals surface area (Å²) in [5.41, 5.74) is 5.51. The van der Waals surface area contributed by atoms with Gasteiger partial charge < -0.3 is 9.94 Å². The fraction of sp³-hybridized carbons (Fsp3) is 0.318. The lowest BCUT2D eigenvalue weighted by molar-refractivity contribution is 0.0976. The van der Waals surface area contributed by atoms with Gasteiger partial charge in [0.1, 0.15) is 12.4 Å². The molecule has 26 heavy (non-hydrogen) atoms. The maximum absolute atomic E-state index is 9.56. The lowest BCUT2D eigenvalue weighted by atomic mass is 9.92. The van der Waals surface area contributed by atoms with E-state index < -0.39 is 0 Å². The molecule has 3 aromatic rings. The van der Waals surface area contributed by atoms with Crippen molar-refractivity contribution >= 4 is 10.9 Å². The first-order valence-corrected chi connectivity index (χ1v) is 9.30. The molecule has 0 saturated heterocycles. The third kappa shape index (κ3) is 3.71. The highest BCUT2D eigenvalue weighted by molar-refractivity contribution is 5.78. The smallest absolute Gasteiger partial charge is 0.130 e. The van der Waals surface area contributed by atoms with Crippen LogP contribution in [0, 0.1) is 5.92 Å². The quantitative estimate of drug-likeness (QED) is 0.614. The second-order valence-electron chi connectivity index (χ2n) is 7.00. The number of rotatable bonds is 6. The van der Waals surface area contributed by atoms with Gasteiger partial charge in [0.05, 0.1) is 17.3 Å². The number of benzene rings is 2. The van der Waals surface area contributed by atoms with E-state index in [4.69, 9.17) is 4.74 Å². The Morgan fingerprint density at radius 2 is 1.77 bits per heavy atom. The number of nitrogens with zero attached hydrogens (tertiary/aromatic N) is 1. The van der Waals surface area contributed by atoms with Crippen molar-refractivity contribution < 1.29 is 9.94 Å². The van der Waals surface area contributed by atoms with Gasteiger partial charge in [-0.3, -0.25) is 0 Å². The SMILES string of the molecule is ONC(c1ccc(OCc2ccc3ccccc3n2)cc1)C1CCCC1. The number of pyridine rings is 1. The van der Waals surface area contributed by atoms with Crippen molar-refractivity contribution in [3.05, 3.63) is 71.9 Å². The minimum Gasteiger partial charge on any atom is -0.487 e. The average Bonchev–Trinajstić information content (AvgIpc) is 3.22. The highest BCUT2D eigenvalue weighted by atomic mass is 16.5. The van der Waals surface area contributed by atoms with Gasteiger partial charge in [0, 0.05) is 5.39 Å². The fourth-order valence-corrected chi connectivity index (χ4v) is 3.86. The maximum atomic E-state index is 9.56. The number of aromatic nitrogens is 1. The van der Waals surface area contributed by atoms with Gasteiger partial charge >= 0.3 is 0 Å². The summed E-state index contributed by atoms with van der Waals surface area (Å²) in [6.45, 7) is 0.439. The number of nitrogens with one attached hydrogen (secondary N) is 1. The summed E-state index contributed by atoms with van der Waals surface area (Å²) in [5, 5.41) is 10.7. The van der Waals surface area contributed by atoms with Gasteiger partial charge in [0.25, 0.3) is 0 Å². The lowest BCUT2D eigenvalue weighted by Crippen LogP contribution is -2.24. The van der Waals surface area contributed by atoms with Crippen molar-refractivity contribution in [2.24, 2.45) is 5.92 Å². The van der Waals surface area contributed by atoms with E-state index in [1.165, 1.54) is 25.7 Å². The van der Waals surface area contributed by atoms with Crippen LogP contribution in [0.2, 0.25) is 0 Å². The summed E-state index contributed by atoms with van der Waals surface area (Å²) in [7, 11) is 0. The zero-order valence-corrected chi connectivity index (χ0v) is 14.8. The minimum absolute atomic E-state index is 0.00806. The summed E-state index contributed by atoms with van der Waals surface area (Å²) in [4.78, 5) is 4.63. The molecule has 1 aliphatic carbocycles. The summed E-state index contributed by atoms with van der Waals surface area (Å²) in [5.74, 6) is 1.32. The molecule has 4 heteroatoms. The summed E-state index contributed by atoms with van der Waals surface area (Å²) in [6.07, 6.45) is 4.85. The molecule has 1 unspecified atom stereocenters. The van der Waals surface area contributed by atoms with Crippen molar-refractivity contribution in [1.82, 2.24) is 10.5 Å². The van der Waals surface area contributed by atoms with Crippen LogP contribution in [-0.4, -0.2) is 10.2 Å². The number of para-hydroxylation sites is 1. The topological polar surface area (TPSA) is 54.4 Å². The molecule has 1 heterocycles. The van der Waals surface area contributed by atoms with Crippen molar-refractivity contribution in [2.75, 3.05) is 0 Å². The monoisotopic (exact) mass is 348 g/mol. The molecule has 0 spiro atoms. The Morgan fingerprint density at radius 1 is 1.00 bits per heavy atom. The molecule has 0 bridgehead atoms. The van der Waals surface area contributed by atoms with E-state index in [0.29, 0.717) is 12.5 Å². The van der Waals surface area contributed by atoms with Crippen LogP contribution in [0.4, 0.5) is 0 Å². The molecule has 4 rings (SSSR count). The number of hydrogen-bond donors (Lipinski definition) is 2. The van der Waals surface area contributed by atoms with Crippen LogP contribution in [0.5, 0.6) is 5.75 Å². The van der Waals surface area contributed by atoms with Gasteiger partial charge in [-0.05, 0) is 48.6 Å². The Labute approximate surface area is 153 Å². The van der Waals surface area contributed by atoms with Crippen LogP contribution in [0.15, 0.2) is 60.7 Å². The Balaban J connectivity index is 1.41. The number of hydrogen-bond acceptors (Lipinski definition) is 4. The Morgan fingerprint density at radius 3 is 2.54 bits per heavy atom. The molecular formula is C22H24N2O2. The standard InChI is InChI=1S/C22H24N2O2/c25-24-22(17-6-1-2-7-17)18-10-13-20(14-11-18)26-15-19-12-9-16-5-3-4-8-21(16)23-19/h3-5,8-14,17,22,24-25H,1-2,6-7,15H2. The Hall–Kier alpha value is -2.43. The minimum atomic E-state index is 0.00806. The molecule has 4 nitrogen and oxygen atoms in total. The van der Waals surface area contributed by atoms with Gasteiger partial charge in [0.15, 0.2) is 0 Å². The van der Waals surface area contributed by atoms with Gasteiger partial charge in [0.2, 0.25) is 0 Å². The first-order valence-electron chi connectivity index (χ1n) is 9.30. The van der Waals surface area contributed by atoms with Crippen molar-refractivity contribution in [3.8, 4) is 5.75 Å². The number of hydroxylamine groups is 1. The molecule has 1 saturated carbocycles. The summed E-state index contributed by atoms with van der Waals surface area (Å²) < 4.78 is 5.89. The second kappa shape index (κ2) is 7.85. The van der Waals surface area contributed by atoms with Crippen molar-refractivity contribution in [3.63, 3.8) is 0 Å². The van der Waals surface area contributed by atoms with Crippen LogP contribution >= 0.6 is 0 Å². The molecular weight excluding hydrogens is 324 g/mol. The first kappa shape index (κ1) is 17.0. The van der Waals surface area contributed by atoms with Crippen LogP contribution in [0.3, 0.4) is 0 Å². The van der Waals surface area contributed by atoms with Crippen LogP contribution in [0.25, 0.3) is 10.9 Å². The van der Waals surface area contributed by atoms with Crippen LogP contribution in [-0.2, 0) is 6.61 Å². The molecule has 1 aliphatic rings. The largest absolute Gasteiger partial charge is 0.487 e. The molecule has 0 aliphatic heterocycles. The number of ether oxygens (including phenoxy) is 1. The normalized spacial score (nSPS) is 16.0. The third-order valence-corrected chi connectivity index (χ3v) is 5.29. The summed E-state index contributed by atoms with van der Waals surface area (Å²) in [6, 6.07) is 20.2. The van der Waals surface area contributed by atoms with Gasteiger partial charge in [-0.1, -0.05) is 49.2 Å². The van der Waals surface area contributed by atoms with Gasteiger partial charge in [-0.25, -0.2) is 4.98 Å². The van der Waals surface area contributed by atoms with E-state index >= 15 is 0 Å². The second-order valence-corrected chi connectivity index (χ2v) is 7.00. The molecule has 134 valence electrons. The Kier molecular flexibility index (Phi) is 5.14. The van der Waals surface area contributed by atoms with Crippen molar-refractivity contribution in [1.29, 1.82) is 0 Å². The van der Waals surface area contributed by atoms with E-state index in [1.54, 1.807) is 0 Å². The van der Waals surface area contributed by atoms with E-state index in [1.807, 2.05) is 48.5 Å². The molecule has 2 aromatic carbocycles. The zero-order chi connectivity index (χ0) is 17.8. The van der Waals surface area contributed by atoms with E-state index in [9.17, 15) is 5.21 Å². The molecule has 0 radical (unpaired) electrons. The first-order chi connectivity index (χ1) is 12.8. The lowest BCUT2D eigenvalue weighted by Gasteiger charge is -2.22. The molecule has 1 fully saturated rings. The third-order valence-electron chi connectivity index (χ3n) is 5.29. The van der Waals surface area contributed by atoms with E-state index in [0.717, 1.165) is 27.9 Å². The highest BCUT2D eigenvalue weighted by Gasteiger charge is 2.25. The predicted molar refractivity (Wildman–Crippen MR) is 102 cm³/mol. The molecule has 0 amide bonds. The maximum Gasteiger partial charge on any atom is 0.130 e. The zero-order valence-electron chi connectivity index (χ0n) is 14.8. The van der Waals surface area contributed by atoms with Crippen LogP contribution in [0.1, 0.15) is 43.0 Å². The fourth-order valence-electron chi connectivity index (χ4n) is 3.86.